The maximum Gasteiger partial charge on any atom is 0.235 e. The molecule has 1 atom stereocenters. The lowest BCUT2D eigenvalue weighted by atomic mass is 9.91. The summed E-state index contributed by atoms with van der Waals surface area (Å²) in [7, 11) is 0. The summed E-state index contributed by atoms with van der Waals surface area (Å²) in [6.45, 7) is 6.50. The molecule has 1 fully saturated rings. The fourth-order valence-electron chi connectivity index (χ4n) is 1.70. The number of hydrogen-bond acceptors (Lipinski definition) is 2. The number of amides is 1. The number of nitrogens with zero attached hydrogens (tertiary/aromatic N) is 1. The molecular weight excluding hydrogens is 196 g/mol. The van der Waals surface area contributed by atoms with Crippen molar-refractivity contribution in [2.24, 2.45) is 11.1 Å². The molecule has 1 aliphatic heterocycles. The molecule has 14 heavy (non-hydrogen) atoms. The first-order valence-corrected chi connectivity index (χ1v) is 5.39. The maximum absolute atomic E-state index is 12.1. The number of hydrogen-bond donors (Lipinski definition) is 1. The second-order valence-electron chi connectivity index (χ2n) is 4.48. The Morgan fingerprint density at radius 2 is 2.14 bits per heavy atom. The Bertz CT molecular complexity index is 263. The monoisotopic (exact) mass is 214 g/mol. The van der Waals surface area contributed by atoms with Crippen molar-refractivity contribution < 1.29 is 4.79 Å². The second-order valence-corrected chi connectivity index (χ2v) is 4.92. The lowest BCUT2D eigenvalue weighted by Gasteiger charge is -2.31. The third kappa shape index (κ3) is 1.90. The molecular formula is C10H18N2OS. The van der Waals surface area contributed by atoms with Gasteiger partial charge in [-0.25, -0.2) is 0 Å². The topological polar surface area (TPSA) is 46.3 Å². The van der Waals surface area contributed by atoms with Crippen LogP contribution in [0.2, 0.25) is 0 Å². The van der Waals surface area contributed by atoms with Gasteiger partial charge < -0.3 is 10.6 Å². The number of nitrogens with two attached hydrogens (primary N) is 1. The average molecular weight is 214 g/mol. The number of rotatable bonds is 2. The molecule has 4 heteroatoms. The summed E-state index contributed by atoms with van der Waals surface area (Å²) in [5, 5.41) is 0. The Labute approximate surface area is 90.6 Å². The van der Waals surface area contributed by atoms with Gasteiger partial charge in [0.1, 0.15) is 0 Å². The zero-order valence-corrected chi connectivity index (χ0v) is 9.86. The number of carbonyl (C=O) groups excluding carboxylic acids is 1. The molecule has 1 saturated heterocycles. The van der Waals surface area contributed by atoms with Gasteiger partial charge in [0.05, 0.1) is 10.4 Å². The average Bonchev–Trinajstić information content (AvgIpc) is 2.49. The molecule has 1 rings (SSSR count). The highest BCUT2D eigenvalue weighted by Crippen LogP contribution is 2.25. The van der Waals surface area contributed by atoms with Crippen molar-refractivity contribution in [3.05, 3.63) is 0 Å². The summed E-state index contributed by atoms with van der Waals surface area (Å²) in [6, 6.07) is 0.330. The Morgan fingerprint density at radius 1 is 1.57 bits per heavy atom. The third-order valence-electron chi connectivity index (χ3n) is 2.96. The molecule has 0 radical (unpaired) electrons. The van der Waals surface area contributed by atoms with Crippen LogP contribution in [-0.4, -0.2) is 28.4 Å². The van der Waals surface area contributed by atoms with Crippen LogP contribution in [0.5, 0.6) is 0 Å². The van der Waals surface area contributed by atoms with Gasteiger partial charge in [-0.05, 0) is 33.6 Å². The summed E-state index contributed by atoms with van der Waals surface area (Å²) >= 11 is 4.91. The highest BCUT2D eigenvalue weighted by Gasteiger charge is 2.38. The summed E-state index contributed by atoms with van der Waals surface area (Å²) < 4.78 is 0. The first-order chi connectivity index (χ1) is 6.37. The Kier molecular flexibility index (Phi) is 3.14. The molecule has 2 N–H and O–H groups in total. The van der Waals surface area contributed by atoms with Crippen LogP contribution in [0.15, 0.2) is 0 Å². The molecule has 0 aliphatic carbocycles. The predicted molar refractivity (Wildman–Crippen MR) is 61.0 cm³/mol. The van der Waals surface area contributed by atoms with E-state index in [0.29, 0.717) is 6.04 Å². The van der Waals surface area contributed by atoms with Gasteiger partial charge in [0, 0.05) is 12.6 Å². The summed E-state index contributed by atoms with van der Waals surface area (Å²) in [5.41, 5.74) is 4.87. The van der Waals surface area contributed by atoms with Crippen molar-refractivity contribution in [3.8, 4) is 0 Å². The van der Waals surface area contributed by atoms with E-state index in [1.165, 1.54) is 0 Å². The van der Waals surface area contributed by atoms with Gasteiger partial charge in [-0.3, -0.25) is 4.79 Å². The Balaban J connectivity index is 2.79. The zero-order chi connectivity index (χ0) is 10.9. The zero-order valence-electron chi connectivity index (χ0n) is 9.04. The molecule has 0 aromatic heterocycles. The highest BCUT2D eigenvalue weighted by molar-refractivity contribution is 7.80. The lowest BCUT2D eigenvalue weighted by Crippen LogP contribution is -2.48. The summed E-state index contributed by atoms with van der Waals surface area (Å²) in [6.07, 6.45) is 2.17. The van der Waals surface area contributed by atoms with Crippen molar-refractivity contribution in [1.29, 1.82) is 0 Å². The molecule has 0 bridgehead atoms. The minimum atomic E-state index is -0.700. The molecule has 1 unspecified atom stereocenters. The second kappa shape index (κ2) is 3.85. The molecule has 0 spiro atoms. The smallest absolute Gasteiger partial charge is 0.235 e. The molecule has 1 heterocycles. The Morgan fingerprint density at radius 3 is 2.50 bits per heavy atom. The third-order valence-corrected chi connectivity index (χ3v) is 3.47. The number of likely N-dealkylation sites (tertiary alicyclic amines) is 1. The quantitative estimate of drug-likeness (QED) is 0.705. The lowest BCUT2D eigenvalue weighted by molar-refractivity contribution is -0.137. The van der Waals surface area contributed by atoms with Gasteiger partial charge in [-0.2, -0.15) is 0 Å². The van der Waals surface area contributed by atoms with Crippen LogP contribution >= 0.6 is 12.2 Å². The molecule has 0 saturated carbocycles. The fourth-order valence-corrected chi connectivity index (χ4v) is 1.79. The number of thiocarbonyl (C=S) groups is 1. The van der Waals surface area contributed by atoms with Gasteiger partial charge in [0.15, 0.2) is 0 Å². The van der Waals surface area contributed by atoms with E-state index in [1.807, 2.05) is 4.90 Å². The highest BCUT2D eigenvalue weighted by atomic mass is 32.1. The molecule has 0 aromatic rings. The van der Waals surface area contributed by atoms with E-state index in [1.54, 1.807) is 13.8 Å². The largest absolute Gasteiger partial charge is 0.392 e. The fraction of sp³-hybridized carbons (Fsp3) is 0.800. The molecule has 80 valence electrons. The van der Waals surface area contributed by atoms with Crippen molar-refractivity contribution in [2.75, 3.05) is 6.54 Å². The van der Waals surface area contributed by atoms with Crippen LogP contribution in [0.25, 0.3) is 0 Å². The minimum Gasteiger partial charge on any atom is -0.392 e. The van der Waals surface area contributed by atoms with Crippen LogP contribution in [0.4, 0.5) is 0 Å². The van der Waals surface area contributed by atoms with Crippen molar-refractivity contribution in [2.45, 2.75) is 39.7 Å². The van der Waals surface area contributed by atoms with E-state index in [0.717, 1.165) is 19.4 Å². The minimum absolute atomic E-state index is 0.0648. The van der Waals surface area contributed by atoms with Gasteiger partial charge in [0.2, 0.25) is 5.91 Å². The van der Waals surface area contributed by atoms with Crippen molar-refractivity contribution in [3.63, 3.8) is 0 Å². The van der Waals surface area contributed by atoms with Crippen LogP contribution in [0.1, 0.15) is 33.6 Å². The normalized spacial score (nSPS) is 22.5. The van der Waals surface area contributed by atoms with E-state index in [4.69, 9.17) is 18.0 Å². The SMILES string of the molecule is CC1CCCN1C(=O)C(C)(C)C(N)=S. The molecule has 1 aliphatic rings. The Hall–Kier alpha value is -0.640. The predicted octanol–water partition coefficient (Wildman–Crippen LogP) is 1.31. The maximum atomic E-state index is 12.1. The molecule has 0 aromatic carbocycles. The van der Waals surface area contributed by atoms with Crippen LogP contribution in [-0.2, 0) is 4.79 Å². The van der Waals surface area contributed by atoms with Crippen molar-refractivity contribution >= 4 is 23.1 Å². The first kappa shape index (κ1) is 11.4. The van der Waals surface area contributed by atoms with Gasteiger partial charge in [-0.1, -0.05) is 12.2 Å². The van der Waals surface area contributed by atoms with Crippen LogP contribution < -0.4 is 5.73 Å². The first-order valence-electron chi connectivity index (χ1n) is 4.98. The number of carbonyl (C=O) groups is 1. The van der Waals surface area contributed by atoms with Gasteiger partial charge in [-0.15, -0.1) is 0 Å². The van der Waals surface area contributed by atoms with Crippen LogP contribution in [0, 0.1) is 5.41 Å². The van der Waals surface area contributed by atoms with E-state index in [9.17, 15) is 4.79 Å². The van der Waals surface area contributed by atoms with Gasteiger partial charge >= 0.3 is 0 Å². The molecule has 1 amide bonds. The van der Waals surface area contributed by atoms with Crippen LogP contribution in [0.3, 0.4) is 0 Å². The van der Waals surface area contributed by atoms with E-state index in [-0.39, 0.29) is 10.9 Å². The van der Waals surface area contributed by atoms with Gasteiger partial charge in [0.25, 0.3) is 0 Å². The standard InChI is InChI=1S/C10H18N2OS/c1-7-5-4-6-12(7)9(13)10(2,3)8(11)14/h7H,4-6H2,1-3H3,(H2,11,14). The van der Waals surface area contributed by atoms with E-state index < -0.39 is 5.41 Å². The summed E-state index contributed by atoms with van der Waals surface area (Å²) in [4.78, 5) is 14.2. The molecule has 3 nitrogen and oxygen atoms in total. The summed E-state index contributed by atoms with van der Waals surface area (Å²) in [5.74, 6) is 0.0648. The van der Waals surface area contributed by atoms with E-state index in [2.05, 4.69) is 6.92 Å². The van der Waals surface area contributed by atoms with E-state index >= 15 is 0 Å². The van der Waals surface area contributed by atoms with Crippen molar-refractivity contribution in [1.82, 2.24) is 4.90 Å².